The number of aryl methyl sites for hydroxylation is 1. The molecule has 0 aliphatic carbocycles. The Balaban J connectivity index is 1.40. The minimum absolute atomic E-state index is 0.256. The first-order valence-electron chi connectivity index (χ1n) is 8.33. The van der Waals surface area contributed by atoms with E-state index in [1.807, 2.05) is 30.3 Å². The quantitative estimate of drug-likeness (QED) is 0.454. The van der Waals surface area contributed by atoms with Crippen LogP contribution in [0.25, 0.3) is 11.4 Å². The molecule has 0 fully saturated rings. The minimum atomic E-state index is -0.669. The standard InChI is InChI=1S/C19H19N3O4/c1-14(25-16-8-3-2-4-9-16)19(23)24-12-6-10-17-21-18(22-26-17)15-7-5-11-20-13-15/h2-5,7-9,11,13-14H,6,10,12H2,1H3. The van der Waals surface area contributed by atoms with E-state index in [0.717, 1.165) is 5.56 Å². The van der Waals surface area contributed by atoms with Gasteiger partial charge in [0.25, 0.3) is 0 Å². The molecule has 7 nitrogen and oxygen atoms in total. The highest BCUT2D eigenvalue weighted by molar-refractivity contribution is 5.74. The van der Waals surface area contributed by atoms with Crippen LogP contribution in [0.4, 0.5) is 0 Å². The maximum absolute atomic E-state index is 11.9. The highest BCUT2D eigenvalue weighted by Crippen LogP contribution is 2.14. The monoisotopic (exact) mass is 353 g/mol. The Morgan fingerprint density at radius 2 is 2.04 bits per heavy atom. The van der Waals surface area contributed by atoms with Crippen LogP contribution in [-0.2, 0) is 16.0 Å². The van der Waals surface area contributed by atoms with Crippen molar-refractivity contribution >= 4 is 5.97 Å². The van der Waals surface area contributed by atoms with Crippen LogP contribution in [0.15, 0.2) is 59.4 Å². The Hall–Kier alpha value is -3.22. The lowest BCUT2D eigenvalue weighted by Crippen LogP contribution is -2.26. The van der Waals surface area contributed by atoms with Crippen molar-refractivity contribution in [3.05, 3.63) is 60.7 Å². The zero-order valence-corrected chi connectivity index (χ0v) is 14.4. The molecule has 3 rings (SSSR count). The van der Waals surface area contributed by atoms with Gasteiger partial charge in [-0.2, -0.15) is 4.98 Å². The van der Waals surface area contributed by atoms with Crippen molar-refractivity contribution in [1.82, 2.24) is 15.1 Å². The lowest BCUT2D eigenvalue weighted by molar-refractivity contribution is -0.151. The van der Waals surface area contributed by atoms with Crippen molar-refractivity contribution in [2.24, 2.45) is 0 Å². The molecule has 26 heavy (non-hydrogen) atoms. The van der Waals surface area contributed by atoms with Gasteiger partial charge >= 0.3 is 5.97 Å². The van der Waals surface area contributed by atoms with Crippen molar-refractivity contribution in [2.75, 3.05) is 6.61 Å². The van der Waals surface area contributed by atoms with Crippen molar-refractivity contribution in [3.8, 4) is 17.1 Å². The second kappa shape index (κ2) is 8.75. The molecular formula is C19H19N3O4. The Kier molecular flexibility index (Phi) is 5.92. The third kappa shape index (κ3) is 4.89. The first kappa shape index (κ1) is 17.6. The molecule has 7 heteroatoms. The number of esters is 1. The van der Waals surface area contributed by atoms with Crippen molar-refractivity contribution < 1.29 is 18.8 Å². The molecule has 134 valence electrons. The van der Waals surface area contributed by atoms with E-state index in [2.05, 4.69) is 15.1 Å². The average Bonchev–Trinajstić information content (AvgIpc) is 3.15. The van der Waals surface area contributed by atoms with E-state index in [1.165, 1.54) is 0 Å². The molecule has 0 amide bonds. The molecule has 0 aliphatic heterocycles. The largest absolute Gasteiger partial charge is 0.479 e. The van der Waals surface area contributed by atoms with E-state index < -0.39 is 12.1 Å². The maximum atomic E-state index is 11.9. The van der Waals surface area contributed by atoms with Gasteiger partial charge in [-0.1, -0.05) is 23.4 Å². The molecule has 1 aromatic carbocycles. The van der Waals surface area contributed by atoms with Crippen molar-refractivity contribution in [1.29, 1.82) is 0 Å². The van der Waals surface area contributed by atoms with E-state index in [1.54, 1.807) is 31.5 Å². The highest BCUT2D eigenvalue weighted by atomic mass is 16.6. The van der Waals surface area contributed by atoms with Gasteiger partial charge in [-0.15, -0.1) is 0 Å². The number of aromatic nitrogens is 3. The van der Waals surface area contributed by atoms with Crippen molar-refractivity contribution in [2.45, 2.75) is 25.9 Å². The Morgan fingerprint density at radius 3 is 2.81 bits per heavy atom. The zero-order valence-electron chi connectivity index (χ0n) is 14.4. The fourth-order valence-electron chi connectivity index (χ4n) is 2.23. The summed E-state index contributed by atoms with van der Waals surface area (Å²) < 4.78 is 15.9. The van der Waals surface area contributed by atoms with Gasteiger partial charge in [-0.05, 0) is 37.6 Å². The predicted molar refractivity (Wildman–Crippen MR) is 93.3 cm³/mol. The molecule has 0 spiro atoms. The van der Waals surface area contributed by atoms with E-state index in [4.69, 9.17) is 14.0 Å². The van der Waals surface area contributed by atoms with Crippen LogP contribution in [0.3, 0.4) is 0 Å². The molecule has 0 N–H and O–H groups in total. The smallest absolute Gasteiger partial charge is 0.347 e. The van der Waals surface area contributed by atoms with Gasteiger partial charge in [-0.25, -0.2) is 4.79 Å². The Labute approximate surface area is 151 Å². The molecule has 3 aromatic rings. The molecule has 1 unspecified atom stereocenters. The summed E-state index contributed by atoms with van der Waals surface area (Å²) in [6.07, 6.45) is 3.79. The zero-order chi connectivity index (χ0) is 18.2. The summed E-state index contributed by atoms with van der Waals surface area (Å²) in [7, 11) is 0. The normalized spacial score (nSPS) is 11.7. The number of carbonyl (C=O) groups is 1. The third-order valence-corrected chi connectivity index (χ3v) is 3.56. The fraction of sp³-hybridized carbons (Fsp3) is 0.263. The summed E-state index contributed by atoms with van der Waals surface area (Å²) in [5.41, 5.74) is 0.792. The number of hydrogen-bond donors (Lipinski definition) is 0. The van der Waals surface area contributed by atoms with Crippen LogP contribution >= 0.6 is 0 Å². The first-order valence-corrected chi connectivity index (χ1v) is 8.33. The summed E-state index contributed by atoms with van der Waals surface area (Å²) in [5.74, 6) is 1.21. The van der Waals surface area contributed by atoms with Crippen LogP contribution in [0.2, 0.25) is 0 Å². The van der Waals surface area contributed by atoms with E-state index >= 15 is 0 Å². The van der Waals surface area contributed by atoms with E-state index in [9.17, 15) is 4.79 Å². The van der Waals surface area contributed by atoms with Gasteiger partial charge in [0.05, 0.1) is 6.61 Å². The fourth-order valence-corrected chi connectivity index (χ4v) is 2.23. The number of carbonyl (C=O) groups excluding carboxylic acids is 1. The Bertz CT molecular complexity index is 821. The maximum Gasteiger partial charge on any atom is 0.347 e. The van der Waals surface area contributed by atoms with Crippen LogP contribution < -0.4 is 4.74 Å². The molecule has 0 saturated heterocycles. The van der Waals surface area contributed by atoms with Gasteiger partial charge in [0.2, 0.25) is 11.7 Å². The predicted octanol–water partition coefficient (Wildman–Crippen LogP) is 3.07. The van der Waals surface area contributed by atoms with Gasteiger partial charge in [0.1, 0.15) is 5.75 Å². The number of rotatable bonds is 8. The molecule has 0 radical (unpaired) electrons. The van der Waals surface area contributed by atoms with Gasteiger partial charge in [0.15, 0.2) is 6.10 Å². The van der Waals surface area contributed by atoms with E-state index in [-0.39, 0.29) is 6.61 Å². The van der Waals surface area contributed by atoms with Gasteiger partial charge in [0, 0.05) is 24.4 Å². The first-order chi connectivity index (χ1) is 12.7. The van der Waals surface area contributed by atoms with Gasteiger partial charge < -0.3 is 14.0 Å². The van der Waals surface area contributed by atoms with Crippen LogP contribution in [0.1, 0.15) is 19.2 Å². The molecule has 2 aromatic heterocycles. The summed E-state index contributed by atoms with van der Waals surface area (Å²) in [5, 5.41) is 3.92. The van der Waals surface area contributed by atoms with E-state index in [0.29, 0.717) is 30.3 Å². The number of nitrogens with zero attached hydrogens (tertiary/aromatic N) is 3. The summed E-state index contributed by atoms with van der Waals surface area (Å²) in [6, 6.07) is 12.8. The van der Waals surface area contributed by atoms with Crippen LogP contribution in [-0.4, -0.2) is 33.8 Å². The number of hydrogen-bond acceptors (Lipinski definition) is 7. The van der Waals surface area contributed by atoms with Crippen LogP contribution in [0.5, 0.6) is 5.75 Å². The second-order valence-corrected chi connectivity index (χ2v) is 5.60. The number of ether oxygens (including phenoxy) is 2. The molecule has 2 heterocycles. The summed E-state index contributed by atoms with van der Waals surface area (Å²) in [6.45, 7) is 1.92. The molecule has 0 saturated carbocycles. The number of pyridine rings is 1. The SMILES string of the molecule is CC(Oc1ccccc1)C(=O)OCCCc1nc(-c2cccnc2)no1. The number of para-hydroxylation sites is 1. The topological polar surface area (TPSA) is 87.3 Å². The second-order valence-electron chi connectivity index (χ2n) is 5.60. The summed E-state index contributed by atoms with van der Waals surface area (Å²) in [4.78, 5) is 20.3. The highest BCUT2D eigenvalue weighted by Gasteiger charge is 2.16. The summed E-state index contributed by atoms with van der Waals surface area (Å²) >= 11 is 0. The van der Waals surface area contributed by atoms with Crippen molar-refractivity contribution in [3.63, 3.8) is 0 Å². The molecule has 1 atom stereocenters. The molecule has 0 aliphatic rings. The van der Waals surface area contributed by atoms with Gasteiger partial charge in [-0.3, -0.25) is 4.98 Å². The average molecular weight is 353 g/mol. The Morgan fingerprint density at radius 1 is 1.19 bits per heavy atom. The molecular weight excluding hydrogens is 334 g/mol. The number of benzene rings is 1. The third-order valence-electron chi connectivity index (χ3n) is 3.56. The van der Waals surface area contributed by atoms with Crippen LogP contribution in [0, 0.1) is 0 Å². The molecule has 0 bridgehead atoms. The lowest BCUT2D eigenvalue weighted by atomic mass is 10.3. The minimum Gasteiger partial charge on any atom is -0.479 e. The lowest BCUT2D eigenvalue weighted by Gasteiger charge is -2.13.